The van der Waals surface area contributed by atoms with Gasteiger partial charge >= 0.3 is 0 Å². The fourth-order valence-electron chi connectivity index (χ4n) is 3.58. The molecule has 1 unspecified atom stereocenters. The van der Waals surface area contributed by atoms with Crippen molar-refractivity contribution in [3.05, 3.63) is 23.0 Å². The third kappa shape index (κ3) is 3.74. The molecule has 2 rings (SSSR count). The third-order valence-electron chi connectivity index (χ3n) is 4.66. The fraction of sp³-hybridized carbons (Fsp3) is 0.706. The van der Waals surface area contributed by atoms with Gasteiger partial charge in [-0.25, -0.2) is 0 Å². The second-order valence-electron chi connectivity index (χ2n) is 6.57. The van der Waals surface area contributed by atoms with Gasteiger partial charge in [-0.3, -0.25) is 9.69 Å². The highest BCUT2D eigenvalue weighted by molar-refractivity contribution is 5.99. The van der Waals surface area contributed by atoms with E-state index in [0.717, 1.165) is 30.9 Å². The molecule has 0 amide bonds. The van der Waals surface area contributed by atoms with Crippen LogP contribution in [0.4, 0.5) is 0 Å². The van der Waals surface area contributed by atoms with Crippen molar-refractivity contribution < 1.29 is 4.79 Å². The van der Waals surface area contributed by atoms with Crippen LogP contribution >= 0.6 is 0 Å². The molecule has 0 aromatic carbocycles. The molecule has 21 heavy (non-hydrogen) atoms. The summed E-state index contributed by atoms with van der Waals surface area (Å²) in [4.78, 5) is 17.1. The number of carbonyl (C=O) groups excluding carboxylic acids is 1. The fourth-order valence-corrected chi connectivity index (χ4v) is 3.58. The molecule has 1 fully saturated rings. The normalized spacial score (nSPS) is 19.6. The number of aromatic nitrogens is 1. The Morgan fingerprint density at radius 3 is 2.67 bits per heavy atom. The van der Waals surface area contributed by atoms with Gasteiger partial charge < -0.3 is 9.47 Å². The van der Waals surface area contributed by atoms with E-state index in [1.807, 2.05) is 6.07 Å². The summed E-state index contributed by atoms with van der Waals surface area (Å²) in [6, 6.07) is 2.04. The average molecular weight is 291 g/mol. The lowest BCUT2D eigenvalue weighted by atomic mass is 10.1. The van der Waals surface area contributed by atoms with Crippen LogP contribution in [0.25, 0.3) is 0 Å². The van der Waals surface area contributed by atoms with Crippen LogP contribution in [-0.4, -0.2) is 60.4 Å². The van der Waals surface area contributed by atoms with Crippen molar-refractivity contribution in [2.24, 2.45) is 5.92 Å². The molecular formula is C17H29N3O. The molecule has 1 aromatic rings. The SMILES string of the molecule is CCn1c(C)cc(C(=O)CN(C)CC2CCN(C)C2)c1C. The number of hydrogen-bond donors (Lipinski definition) is 0. The highest BCUT2D eigenvalue weighted by atomic mass is 16.1. The lowest BCUT2D eigenvalue weighted by molar-refractivity contribution is 0.0937. The van der Waals surface area contributed by atoms with E-state index in [-0.39, 0.29) is 5.78 Å². The molecule has 1 aromatic heterocycles. The Morgan fingerprint density at radius 1 is 1.43 bits per heavy atom. The standard InChI is InChI=1S/C17H29N3O/c1-6-20-13(2)9-16(14(20)3)17(21)12-19(5)11-15-7-8-18(4)10-15/h9,15H,6-8,10-12H2,1-5H3. The minimum absolute atomic E-state index is 0.247. The molecule has 4 heteroatoms. The first-order valence-corrected chi connectivity index (χ1v) is 7.99. The lowest BCUT2D eigenvalue weighted by Gasteiger charge is -2.20. The Morgan fingerprint density at radius 2 is 2.14 bits per heavy atom. The number of rotatable bonds is 6. The number of carbonyl (C=O) groups is 1. The van der Waals surface area contributed by atoms with E-state index in [2.05, 4.69) is 49.2 Å². The molecule has 0 radical (unpaired) electrons. The molecule has 0 saturated carbocycles. The Hall–Kier alpha value is -1.13. The molecule has 118 valence electrons. The molecule has 1 saturated heterocycles. The maximum absolute atomic E-state index is 12.5. The maximum atomic E-state index is 12.5. The highest BCUT2D eigenvalue weighted by Gasteiger charge is 2.22. The third-order valence-corrected chi connectivity index (χ3v) is 4.66. The quantitative estimate of drug-likeness (QED) is 0.752. The van der Waals surface area contributed by atoms with Gasteiger partial charge in [0.05, 0.1) is 6.54 Å². The van der Waals surface area contributed by atoms with Crippen molar-refractivity contribution in [3.63, 3.8) is 0 Å². The van der Waals surface area contributed by atoms with Crippen LogP contribution in [0.5, 0.6) is 0 Å². The second kappa shape index (κ2) is 6.75. The first-order chi connectivity index (χ1) is 9.92. The number of aryl methyl sites for hydroxylation is 1. The molecule has 4 nitrogen and oxygen atoms in total. The topological polar surface area (TPSA) is 28.5 Å². The first kappa shape index (κ1) is 16.2. The van der Waals surface area contributed by atoms with Gasteiger partial charge in [0.2, 0.25) is 0 Å². The van der Waals surface area contributed by atoms with Gasteiger partial charge in [0.25, 0.3) is 0 Å². The van der Waals surface area contributed by atoms with Crippen LogP contribution in [0.3, 0.4) is 0 Å². The van der Waals surface area contributed by atoms with Gasteiger partial charge in [0, 0.05) is 36.6 Å². The molecule has 1 aliphatic heterocycles. The van der Waals surface area contributed by atoms with Gasteiger partial charge in [0.15, 0.2) is 5.78 Å². The summed E-state index contributed by atoms with van der Waals surface area (Å²) in [7, 11) is 4.24. The summed E-state index contributed by atoms with van der Waals surface area (Å²) >= 11 is 0. The Kier molecular flexibility index (Phi) is 5.22. The minimum Gasteiger partial charge on any atom is -0.349 e. The number of hydrogen-bond acceptors (Lipinski definition) is 3. The molecule has 2 heterocycles. The van der Waals surface area contributed by atoms with Crippen LogP contribution in [0.15, 0.2) is 6.07 Å². The van der Waals surface area contributed by atoms with Gasteiger partial charge in [-0.05, 0) is 59.8 Å². The maximum Gasteiger partial charge on any atom is 0.178 e. The van der Waals surface area contributed by atoms with Crippen molar-refractivity contribution in [2.75, 3.05) is 40.3 Å². The Balaban J connectivity index is 1.94. The smallest absolute Gasteiger partial charge is 0.178 e. The second-order valence-corrected chi connectivity index (χ2v) is 6.57. The predicted molar refractivity (Wildman–Crippen MR) is 87.0 cm³/mol. The van der Waals surface area contributed by atoms with Gasteiger partial charge in [-0.2, -0.15) is 0 Å². The van der Waals surface area contributed by atoms with E-state index in [4.69, 9.17) is 0 Å². The summed E-state index contributed by atoms with van der Waals surface area (Å²) in [5.74, 6) is 0.951. The summed E-state index contributed by atoms with van der Waals surface area (Å²) in [6.07, 6.45) is 1.25. The number of likely N-dealkylation sites (tertiary alicyclic amines) is 1. The van der Waals surface area contributed by atoms with E-state index in [0.29, 0.717) is 12.5 Å². The van der Waals surface area contributed by atoms with Crippen molar-refractivity contribution in [1.82, 2.24) is 14.4 Å². The predicted octanol–water partition coefficient (Wildman–Crippen LogP) is 2.19. The molecule has 1 aliphatic rings. The first-order valence-electron chi connectivity index (χ1n) is 7.99. The van der Waals surface area contributed by atoms with Crippen LogP contribution in [0, 0.1) is 19.8 Å². The number of Topliss-reactive ketones (excluding diaryl/α,β-unsaturated/α-hetero) is 1. The van der Waals surface area contributed by atoms with Crippen LogP contribution in [0.2, 0.25) is 0 Å². The summed E-state index contributed by atoms with van der Waals surface area (Å²) in [5.41, 5.74) is 3.18. The molecule has 0 aliphatic carbocycles. The van der Waals surface area contributed by atoms with E-state index in [1.165, 1.54) is 18.7 Å². The zero-order chi connectivity index (χ0) is 15.6. The van der Waals surface area contributed by atoms with Gasteiger partial charge in [-0.1, -0.05) is 0 Å². The van der Waals surface area contributed by atoms with Crippen LogP contribution in [0.1, 0.15) is 35.1 Å². The summed E-state index contributed by atoms with van der Waals surface area (Å²) in [6.45, 7) is 11.1. The monoisotopic (exact) mass is 291 g/mol. The van der Waals surface area contributed by atoms with E-state index in [1.54, 1.807) is 0 Å². The Bertz CT molecular complexity index is 506. The van der Waals surface area contributed by atoms with Crippen LogP contribution in [-0.2, 0) is 6.54 Å². The lowest BCUT2D eigenvalue weighted by Crippen LogP contribution is -2.32. The molecule has 0 spiro atoms. The van der Waals surface area contributed by atoms with Gasteiger partial charge in [0.1, 0.15) is 0 Å². The molecule has 0 bridgehead atoms. The highest BCUT2D eigenvalue weighted by Crippen LogP contribution is 2.18. The molecular weight excluding hydrogens is 262 g/mol. The summed E-state index contributed by atoms with van der Waals surface area (Å²) in [5, 5.41) is 0. The zero-order valence-corrected chi connectivity index (χ0v) is 14.1. The van der Waals surface area contributed by atoms with Crippen LogP contribution < -0.4 is 0 Å². The van der Waals surface area contributed by atoms with E-state index < -0.39 is 0 Å². The van der Waals surface area contributed by atoms with E-state index >= 15 is 0 Å². The zero-order valence-electron chi connectivity index (χ0n) is 14.1. The van der Waals surface area contributed by atoms with Crippen molar-refractivity contribution >= 4 is 5.78 Å². The average Bonchev–Trinajstić information content (AvgIpc) is 2.93. The van der Waals surface area contributed by atoms with Gasteiger partial charge in [-0.15, -0.1) is 0 Å². The largest absolute Gasteiger partial charge is 0.349 e. The minimum atomic E-state index is 0.247. The summed E-state index contributed by atoms with van der Waals surface area (Å²) < 4.78 is 2.21. The van der Waals surface area contributed by atoms with Crippen molar-refractivity contribution in [1.29, 1.82) is 0 Å². The number of likely N-dealkylation sites (N-methyl/N-ethyl adjacent to an activating group) is 1. The molecule has 1 atom stereocenters. The number of ketones is 1. The molecule has 0 N–H and O–H groups in total. The number of nitrogens with zero attached hydrogens (tertiary/aromatic N) is 3. The van der Waals surface area contributed by atoms with Crippen molar-refractivity contribution in [2.45, 2.75) is 33.7 Å². The van der Waals surface area contributed by atoms with E-state index in [9.17, 15) is 4.79 Å². The van der Waals surface area contributed by atoms with Crippen molar-refractivity contribution in [3.8, 4) is 0 Å². The Labute approximate surface area is 128 Å².